The number of ether oxygens (including phenoxy) is 1. The molecular formula is C10H15FNO14P3S. The van der Waals surface area contributed by atoms with Crippen molar-refractivity contribution < 1.29 is 70.5 Å². The quantitative estimate of drug-likeness (QED) is 0.186. The number of aromatic nitrogens is 1. The zero-order valence-electron chi connectivity index (χ0n) is 14.5. The molecule has 1 aromatic heterocycles. The molecule has 30 heavy (non-hydrogen) atoms. The first-order valence-electron chi connectivity index (χ1n) is 7.48. The molecule has 0 bridgehead atoms. The summed E-state index contributed by atoms with van der Waals surface area (Å²) >= 11 is 0.360. The molecule has 0 spiro atoms. The second kappa shape index (κ2) is 9.17. The van der Waals surface area contributed by atoms with E-state index in [0.29, 0.717) is 11.3 Å². The SMILES string of the molecule is CC(=O)c1nc([C@@H]2O[C@H](COP(=O)(O)OP(=O)(O)OP(=O)(O)O)[C@@H](O)[C@H]2O)sc1F. The zero-order valence-corrected chi connectivity index (χ0v) is 18.0. The van der Waals surface area contributed by atoms with Gasteiger partial charge in [-0.05, 0) is 0 Å². The van der Waals surface area contributed by atoms with Crippen LogP contribution in [0.2, 0.25) is 0 Å². The number of hydrogen-bond acceptors (Lipinski definition) is 12. The highest BCUT2D eigenvalue weighted by atomic mass is 32.1. The predicted molar refractivity (Wildman–Crippen MR) is 91.5 cm³/mol. The molecule has 15 nitrogen and oxygen atoms in total. The minimum atomic E-state index is -5.73. The number of nitrogens with zero attached hydrogens (tertiary/aromatic N) is 1. The molecule has 1 saturated heterocycles. The van der Waals surface area contributed by atoms with Crippen molar-refractivity contribution in [2.75, 3.05) is 6.61 Å². The van der Waals surface area contributed by atoms with Gasteiger partial charge in [-0.3, -0.25) is 9.32 Å². The molecule has 0 saturated carbocycles. The van der Waals surface area contributed by atoms with Crippen LogP contribution in [-0.4, -0.2) is 65.5 Å². The molecule has 2 unspecified atom stereocenters. The summed E-state index contributed by atoms with van der Waals surface area (Å²) in [7, 11) is -16.8. The highest BCUT2D eigenvalue weighted by molar-refractivity contribution is 7.66. The van der Waals surface area contributed by atoms with Gasteiger partial charge < -0.3 is 34.5 Å². The molecule has 1 aliphatic heterocycles. The number of carbonyl (C=O) groups excluding carboxylic acids is 1. The zero-order chi connectivity index (χ0) is 23.1. The third kappa shape index (κ3) is 6.76. The summed E-state index contributed by atoms with van der Waals surface area (Å²) in [5.41, 5.74) is -0.517. The van der Waals surface area contributed by atoms with Gasteiger partial charge in [0.25, 0.3) is 0 Å². The summed E-state index contributed by atoms with van der Waals surface area (Å²) in [5, 5.41) is 18.8. The van der Waals surface area contributed by atoms with Gasteiger partial charge in [0.2, 0.25) is 5.13 Å². The monoisotopic (exact) mass is 517 g/mol. The van der Waals surface area contributed by atoms with Crippen molar-refractivity contribution >= 4 is 40.6 Å². The van der Waals surface area contributed by atoms with Crippen LogP contribution >= 0.6 is 34.8 Å². The van der Waals surface area contributed by atoms with Crippen LogP contribution < -0.4 is 0 Å². The maximum Gasteiger partial charge on any atom is 0.490 e. The van der Waals surface area contributed by atoms with Crippen molar-refractivity contribution in [3.8, 4) is 0 Å². The lowest BCUT2D eigenvalue weighted by Crippen LogP contribution is -2.33. The van der Waals surface area contributed by atoms with Crippen LogP contribution in [0.4, 0.5) is 4.39 Å². The molecular weight excluding hydrogens is 502 g/mol. The van der Waals surface area contributed by atoms with E-state index in [1.165, 1.54) is 0 Å². The number of rotatable bonds is 9. The van der Waals surface area contributed by atoms with E-state index in [4.69, 9.17) is 19.4 Å². The minimum Gasteiger partial charge on any atom is -0.387 e. The van der Waals surface area contributed by atoms with Gasteiger partial charge in [-0.1, -0.05) is 11.3 Å². The minimum absolute atomic E-state index is 0.218. The van der Waals surface area contributed by atoms with Crippen molar-refractivity contribution in [1.82, 2.24) is 4.98 Å². The van der Waals surface area contributed by atoms with Crippen LogP contribution in [0.25, 0.3) is 0 Å². The summed E-state index contributed by atoms with van der Waals surface area (Å²) in [6.07, 6.45) is -6.48. The molecule has 172 valence electrons. The van der Waals surface area contributed by atoms with E-state index in [0.717, 1.165) is 6.92 Å². The van der Waals surface area contributed by atoms with Crippen molar-refractivity contribution in [2.45, 2.75) is 31.3 Å². The van der Waals surface area contributed by atoms with E-state index in [1.807, 2.05) is 0 Å². The van der Waals surface area contributed by atoms with Crippen LogP contribution in [0.3, 0.4) is 0 Å². The fourth-order valence-electron chi connectivity index (χ4n) is 2.22. The number of halogens is 1. The average molecular weight is 517 g/mol. The van der Waals surface area contributed by atoms with Crippen molar-refractivity contribution in [1.29, 1.82) is 0 Å². The van der Waals surface area contributed by atoms with Crippen molar-refractivity contribution in [3.63, 3.8) is 0 Å². The van der Waals surface area contributed by atoms with E-state index >= 15 is 0 Å². The molecule has 1 aliphatic rings. The second-order valence-corrected chi connectivity index (χ2v) is 11.1. The Bertz CT molecular complexity index is 948. The topological polar surface area (TPSA) is 239 Å². The molecule has 0 aromatic carbocycles. The number of carbonyl (C=O) groups is 1. The second-order valence-electron chi connectivity index (χ2n) is 5.69. The first-order valence-corrected chi connectivity index (χ1v) is 12.8. The van der Waals surface area contributed by atoms with Gasteiger partial charge in [-0.25, -0.2) is 18.7 Å². The van der Waals surface area contributed by atoms with E-state index in [2.05, 4.69) is 18.1 Å². The van der Waals surface area contributed by atoms with Gasteiger partial charge in [0.15, 0.2) is 11.5 Å². The van der Waals surface area contributed by atoms with Crippen LogP contribution in [-0.2, 0) is 31.6 Å². The van der Waals surface area contributed by atoms with Gasteiger partial charge in [0, 0.05) is 6.92 Å². The number of thiazole rings is 1. The predicted octanol–water partition coefficient (Wildman–Crippen LogP) is -0.0102. The molecule has 6 atom stereocenters. The lowest BCUT2D eigenvalue weighted by molar-refractivity contribution is -0.0223. The Morgan fingerprint density at radius 1 is 1.13 bits per heavy atom. The largest absolute Gasteiger partial charge is 0.490 e. The molecule has 2 rings (SSSR count). The highest BCUT2D eigenvalue weighted by Crippen LogP contribution is 2.66. The third-order valence-corrected chi connectivity index (χ3v) is 8.07. The number of phosphoric acid groups is 3. The lowest BCUT2D eigenvalue weighted by Gasteiger charge is -2.19. The third-order valence-electron chi connectivity index (χ3n) is 3.36. The molecule has 20 heteroatoms. The number of Topliss-reactive ketones (excluding diaryl/α,β-unsaturated/α-hetero) is 1. The standard InChI is InChI=1S/C10H15FNO14P3S/c1-3(13)5-9(11)30-10(12-5)8-7(15)6(14)4(24-8)2-23-28(19,20)26-29(21,22)25-27(16,17)18/h4,6-8,14-15H,2H2,1H3,(H,19,20)(H,21,22)(H2,16,17,18)/t4-,6-,7-,8-/m1/s1. The smallest absolute Gasteiger partial charge is 0.387 e. The number of aliphatic hydroxyl groups is 2. The maximum absolute atomic E-state index is 13.7. The summed E-state index contributed by atoms with van der Waals surface area (Å²) in [6, 6.07) is 0. The maximum atomic E-state index is 13.7. The molecule has 0 aliphatic carbocycles. The summed E-state index contributed by atoms with van der Waals surface area (Å²) in [4.78, 5) is 50.3. The van der Waals surface area contributed by atoms with Gasteiger partial charge in [0.05, 0.1) is 6.61 Å². The van der Waals surface area contributed by atoms with Gasteiger partial charge in [-0.15, -0.1) is 0 Å². The molecule has 1 fully saturated rings. The normalized spacial score (nSPS) is 28.8. The first-order chi connectivity index (χ1) is 13.5. The van der Waals surface area contributed by atoms with Gasteiger partial charge in [0.1, 0.15) is 29.4 Å². The Morgan fingerprint density at radius 2 is 1.73 bits per heavy atom. The molecule has 6 N–H and O–H groups in total. The average Bonchev–Trinajstić information content (AvgIpc) is 3.04. The van der Waals surface area contributed by atoms with E-state index in [-0.39, 0.29) is 5.01 Å². The van der Waals surface area contributed by atoms with Crippen LogP contribution in [0, 0.1) is 5.13 Å². The molecule has 0 radical (unpaired) electrons. The number of ketones is 1. The van der Waals surface area contributed by atoms with E-state index < -0.39 is 71.1 Å². The first kappa shape index (κ1) is 25.8. The van der Waals surface area contributed by atoms with Gasteiger partial charge in [-0.2, -0.15) is 13.0 Å². The Kier molecular flexibility index (Phi) is 7.88. The van der Waals surface area contributed by atoms with Crippen LogP contribution in [0.15, 0.2) is 0 Å². The molecule has 0 amide bonds. The van der Waals surface area contributed by atoms with Crippen LogP contribution in [0.5, 0.6) is 0 Å². The summed E-state index contributed by atoms with van der Waals surface area (Å²) in [5.74, 6) is -0.702. The Hall–Kier alpha value is -0.480. The van der Waals surface area contributed by atoms with E-state index in [9.17, 15) is 38.0 Å². The summed E-state index contributed by atoms with van der Waals surface area (Å²) < 4.78 is 63.7. The van der Waals surface area contributed by atoms with Gasteiger partial charge >= 0.3 is 23.5 Å². The Labute approximate surface area is 170 Å². The van der Waals surface area contributed by atoms with Crippen molar-refractivity contribution in [2.24, 2.45) is 0 Å². The Morgan fingerprint density at radius 3 is 2.23 bits per heavy atom. The van der Waals surface area contributed by atoms with Crippen LogP contribution in [0.1, 0.15) is 28.5 Å². The fourth-order valence-corrected chi connectivity index (χ4v) is 6.16. The Balaban J connectivity index is 2.05. The fraction of sp³-hybridized carbons (Fsp3) is 0.600. The number of aliphatic hydroxyl groups excluding tert-OH is 2. The lowest BCUT2D eigenvalue weighted by atomic mass is 10.1. The number of phosphoric ester groups is 1. The van der Waals surface area contributed by atoms with Crippen molar-refractivity contribution in [3.05, 3.63) is 15.8 Å². The molecule has 2 heterocycles. The van der Waals surface area contributed by atoms with E-state index in [1.54, 1.807) is 0 Å². The number of hydrogen-bond donors (Lipinski definition) is 6. The molecule has 1 aromatic rings. The highest BCUT2D eigenvalue weighted by Gasteiger charge is 2.47. The summed E-state index contributed by atoms with van der Waals surface area (Å²) in [6.45, 7) is 0.0139.